The van der Waals surface area contributed by atoms with Crippen LogP contribution in [0.3, 0.4) is 0 Å². The lowest BCUT2D eigenvalue weighted by molar-refractivity contribution is 0.598. The van der Waals surface area contributed by atoms with Crippen LogP contribution in [0, 0.1) is 13.8 Å². The number of aryl methyl sites for hydroxylation is 2. The van der Waals surface area contributed by atoms with Crippen molar-refractivity contribution in [3.05, 3.63) is 65.2 Å². The average Bonchev–Trinajstić information content (AvgIpc) is 2.59. The number of nitrogens with zero attached hydrogens (tertiary/aromatic N) is 1. The maximum atomic E-state index is 12.7. The highest BCUT2D eigenvalue weighted by Crippen LogP contribution is 2.29. The van der Waals surface area contributed by atoms with Crippen LogP contribution in [0.25, 0.3) is 0 Å². The maximum absolute atomic E-state index is 12.7. The van der Waals surface area contributed by atoms with Crippen molar-refractivity contribution in [2.75, 3.05) is 11.5 Å². The molecule has 3 rings (SSSR count). The van der Waals surface area contributed by atoms with Crippen molar-refractivity contribution in [3.63, 3.8) is 0 Å². The van der Waals surface area contributed by atoms with Crippen LogP contribution >= 0.6 is 11.8 Å². The Morgan fingerprint density at radius 1 is 1.12 bits per heavy atom. The molecule has 0 radical (unpaired) electrons. The van der Waals surface area contributed by atoms with E-state index in [4.69, 9.17) is 0 Å². The van der Waals surface area contributed by atoms with Gasteiger partial charge in [-0.1, -0.05) is 52.7 Å². The minimum absolute atomic E-state index is 0.245. The Balaban J connectivity index is 1.88. The average molecular weight is 394 g/mol. The molecule has 0 spiro atoms. The molecule has 0 saturated carbocycles. The smallest absolute Gasteiger partial charge is 0.199 e. The van der Waals surface area contributed by atoms with E-state index in [1.54, 1.807) is 12.1 Å². The summed E-state index contributed by atoms with van der Waals surface area (Å²) in [5, 5.41) is 0. The first kappa shape index (κ1) is 18.7. The number of rotatable bonds is 4. The molecule has 25 heavy (non-hydrogen) atoms. The minimum atomic E-state index is -3.59. The summed E-state index contributed by atoms with van der Waals surface area (Å²) >= 11 is 1.87. The summed E-state index contributed by atoms with van der Waals surface area (Å²) in [5.41, 5.74) is 3.60. The van der Waals surface area contributed by atoms with Gasteiger partial charge in [-0.05, 0) is 55.7 Å². The Kier molecular flexibility index (Phi) is 6.02. The minimum Gasteiger partial charge on any atom is -0.199 e. The van der Waals surface area contributed by atoms with Gasteiger partial charge < -0.3 is 0 Å². The molecule has 0 amide bonds. The zero-order valence-corrected chi connectivity index (χ0v) is 17.0. The highest BCUT2D eigenvalue weighted by molar-refractivity contribution is 8.14. The van der Waals surface area contributed by atoms with Crippen molar-refractivity contribution >= 4 is 32.5 Å². The van der Waals surface area contributed by atoms with Gasteiger partial charge in [0.2, 0.25) is 0 Å². The number of thioether (sulfide) groups is 1. The largest absolute Gasteiger partial charge is 0.287 e. The van der Waals surface area contributed by atoms with E-state index in [-0.39, 0.29) is 4.58 Å². The van der Waals surface area contributed by atoms with Gasteiger partial charge in [0, 0.05) is 5.75 Å². The fraction of sp³-hybridized carbons (Fsp3) is 0.368. The van der Waals surface area contributed by atoms with Gasteiger partial charge in [-0.3, -0.25) is 0 Å². The van der Waals surface area contributed by atoms with E-state index in [0.717, 1.165) is 29.9 Å². The van der Waals surface area contributed by atoms with E-state index in [0.29, 0.717) is 4.90 Å². The third kappa shape index (κ3) is 4.74. The monoisotopic (exact) mass is 393 g/mol. The zero-order chi connectivity index (χ0) is 17.9. The van der Waals surface area contributed by atoms with Gasteiger partial charge in [0.1, 0.15) is 0 Å². The second-order valence-corrected chi connectivity index (χ2v) is 11.7. The predicted molar refractivity (Wildman–Crippen MR) is 109 cm³/mol. The van der Waals surface area contributed by atoms with Gasteiger partial charge in [0.05, 0.1) is 9.48 Å². The van der Waals surface area contributed by atoms with Crippen LogP contribution in [0.2, 0.25) is 0 Å². The SMILES string of the molecule is Cc1ccc(S(=O)(=O)/N=[S@]2/CCCS[C@H]2Cc2ccccc2C)cc1. The van der Waals surface area contributed by atoms with Crippen LogP contribution in [-0.4, -0.2) is 24.5 Å². The Labute approximate surface area is 157 Å². The van der Waals surface area contributed by atoms with Crippen LogP contribution in [-0.2, 0) is 27.1 Å². The molecule has 2 aromatic rings. The van der Waals surface area contributed by atoms with Crippen molar-refractivity contribution in [2.45, 2.75) is 36.2 Å². The summed E-state index contributed by atoms with van der Waals surface area (Å²) in [6, 6.07) is 15.3. The second-order valence-electron chi connectivity index (χ2n) is 6.25. The van der Waals surface area contributed by atoms with Crippen molar-refractivity contribution in [1.82, 2.24) is 0 Å². The van der Waals surface area contributed by atoms with E-state index in [1.807, 2.05) is 43.0 Å². The van der Waals surface area contributed by atoms with Crippen LogP contribution in [0.5, 0.6) is 0 Å². The molecule has 3 nitrogen and oxygen atoms in total. The van der Waals surface area contributed by atoms with Crippen LogP contribution in [0.4, 0.5) is 0 Å². The lowest BCUT2D eigenvalue weighted by Crippen LogP contribution is -2.24. The molecule has 0 aromatic heterocycles. The lowest BCUT2D eigenvalue weighted by Gasteiger charge is -2.25. The summed E-state index contributed by atoms with van der Waals surface area (Å²) in [6.07, 6.45) is 1.92. The molecule has 2 aromatic carbocycles. The zero-order valence-electron chi connectivity index (χ0n) is 14.5. The predicted octanol–water partition coefficient (Wildman–Crippen LogP) is 4.50. The highest BCUT2D eigenvalue weighted by Gasteiger charge is 2.24. The number of hydrogen-bond donors (Lipinski definition) is 0. The molecule has 1 saturated heterocycles. The second kappa shape index (κ2) is 8.06. The standard InChI is InChI=1S/C19H23NO2S3/c1-15-8-10-18(11-9-15)25(21,22)20-24-13-5-12-23-19(24)14-17-7-4-3-6-16(17)2/h3-4,6-11,19H,5,12-14H2,1-2H3/t19-,24+/m1/s1. The third-order valence-corrected chi connectivity index (χ3v) is 10.3. The summed E-state index contributed by atoms with van der Waals surface area (Å²) in [7, 11) is -4.05. The fourth-order valence-electron chi connectivity index (χ4n) is 2.77. The molecule has 0 aliphatic carbocycles. The molecule has 0 N–H and O–H groups in total. The number of benzene rings is 2. The fourth-order valence-corrected chi connectivity index (χ4v) is 8.94. The van der Waals surface area contributed by atoms with Crippen molar-refractivity contribution in [3.8, 4) is 0 Å². The highest BCUT2D eigenvalue weighted by atomic mass is 32.3. The van der Waals surface area contributed by atoms with Gasteiger partial charge in [0.25, 0.3) is 10.0 Å². The molecule has 134 valence electrons. The summed E-state index contributed by atoms with van der Waals surface area (Å²) in [6.45, 7) is 4.06. The molecule has 1 aliphatic heterocycles. The maximum Gasteiger partial charge on any atom is 0.287 e. The Morgan fingerprint density at radius 3 is 2.56 bits per heavy atom. The number of sulfonamides is 1. The Morgan fingerprint density at radius 2 is 1.84 bits per heavy atom. The number of hydrogen-bond acceptors (Lipinski definition) is 3. The molecular formula is C19H23NO2S3. The normalized spacial score (nSPS) is 21.4. The topological polar surface area (TPSA) is 46.5 Å². The summed E-state index contributed by atoms with van der Waals surface area (Å²) in [5.74, 6) is 1.95. The van der Waals surface area contributed by atoms with E-state index in [1.165, 1.54) is 11.1 Å². The molecule has 1 heterocycles. The van der Waals surface area contributed by atoms with Crippen molar-refractivity contribution < 1.29 is 8.42 Å². The molecule has 2 atom stereocenters. The quantitative estimate of drug-likeness (QED) is 0.768. The summed E-state index contributed by atoms with van der Waals surface area (Å²) in [4.78, 5) is 0.302. The van der Waals surface area contributed by atoms with Crippen LogP contribution < -0.4 is 0 Å². The van der Waals surface area contributed by atoms with E-state index >= 15 is 0 Å². The van der Waals surface area contributed by atoms with Crippen LogP contribution in [0.1, 0.15) is 23.1 Å². The van der Waals surface area contributed by atoms with E-state index in [9.17, 15) is 8.42 Å². The Hall–Kier alpha value is -1.11. The van der Waals surface area contributed by atoms with Crippen LogP contribution in [0.15, 0.2) is 57.2 Å². The molecule has 0 bridgehead atoms. The van der Waals surface area contributed by atoms with Gasteiger partial charge >= 0.3 is 0 Å². The molecule has 1 aliphatic rings. The molecule has 6 heteroatoms. The summed E-state index contributed by atoms with van der Waals surface area (Å²) < 4.78 is 30.0. The lowest BCUT2D eigenvalue weighted by atomic mass is 10.1. The van der Waals surface area contributed by atoms with Gasteiger partial charge in [-0.2, -0.15) is 8.42 Å². The van der Waals surface area contributed by atoms with Crippen molar-refractivity contribution in [2.24, 2.45) is 3.77 Å². The van der Waals surface area contributed by atoms with E-state index < -0.39 is 20.7 Å². The van der Waals surface area contributed by atoms with Crippen molar-refractivity contribution in [1.29, 1.82) is 0 Å². The van der Waals surface area contributed by atoms with Gasteiger partial charge in [0.15, 0.2) is 0 Å². The first-order valence-corrected chi connectivity index (χ1v) is 12.3. The molecular weight excluding hydrogens is 370 g/mol. The Bertz CT molecular complexity index is 874. The molecule has 1 fully saturated rings. The van der Waals surface area contributed by atoms with Gasteiger partial charge in [-0.25, -0.2) is 0 Å². The van der Waals surface area contributed by atoms with Gasteiger partial charge in [-0.15, -0.1) is 15.5 Å². The first-order valence-electron chi connectivity index (χ1n) is 8.36. The molecule has 0 unspecified atom stereocenters. The first-order chi connectivity index (χ1) is 12.0. The van der Waals surface area contributed by atoms with E-state index in [2.05, 4.69) is 22.8 Å². The third-order valence-electron chi connectivity index (χ3n) is 4.27.